The number of ether oxygens (including phenoxy) is 1. The van der Waals surface area contributed by atoms with Gasteiger partial charge in [0.15, 0.2) is 6.23 Å². The summed E-state index contributed by atoms with van der Waals surface area (Å²) in [4.78, 5) is 24.2. The summed E-state index contributed by atoms with van der Waals surface area (Å²) < 4.78 is 6.43. The van der Waals surface area contributed by atoms with Crippen molar-refractivity contribution in [3.63, 3.8) is 0 Å². The van der Waals surface area contributed by atoms with Gasteiger partial charge in [-0.25, -0.2) is 4.79 Å². The van der Waals surface area contributed by atoms with Crippen LogP contribution in [0.2, 0.25) is 0 Å². The number of aromatic nitrogens is 3. The Kier molecular flexibility index (Phi) is 2.65. The van der Waals surface area contributed by atoms with Crippen LogP contribution in [0.5, 0.6) is 0 Å². The third-order valence-corrected chi connectivity index (χ3v) is 2.30. The SMILES string of the molecule is O=c1cnn([C@@H]2CC[C@H](CO)O2)c(=O)[nH]1. The van der Waals surface area contributed by atoms with Crippen LogP contribution in [0.1, 0.15) is 19.1 Å². The lowest BCUT2D eigenvalue weighted by molar-refractivity contribution is -0.0313. The van der Waals surface area contributed by atoms with E-state index in [1.54, 1.807) is 0 Å². The molecule has 2 N–H and O–H groups in total. The summed E-state index contributed by atoms with van der Waals surface area (Å²) in [5, 5.41) is 12.5. The zero-order chi connectivity index (χ0) is 10.8. The first-order chi connectivity index (χ1) is 7.20. The van der Waals surface area contributed by atoms with Crippen LogP contribution in [-0.4, -0.2) is 32.6 Å². The predicted octanol–water partition coefficient (Wildman–Crippen LogP) is -1.40. The third kappa shape index (κ3) is 1.97. The Morgan fingerprint density at radius 2 is 2.40 bits per heavy atom. The van der Waals surface area contributed by atoms with Gasteiger partial charge in [0.05, 0.1) is 12.7 Å². The third-order valence-electron chi connectivity index (χ3n) is 2.30. The van der Waals surface area contributed by atoms with Gasteiger partial charge in [0.25, 0.3) is 5.56 Å². The van der Waals surface area contributed by atoms with Gasteiger partial charge >= 0.3 is 5.69 Å². The highest BCUT2D eigenvalue weighted by Gasteiger charge is 2.27. The molecule has 1 saturated heterocycles. The predicted molar refractivity (Wildman–Crippen MR) is 49.3 cm³/mol. The van der Waals surface area contributed by atoms with Crippen LogP contribution in [0.25, 0.3) is 0 Å². The van der Waals surface area contributed by atoms with Crippen LogP contribution in [0, 0.1) is 0 Å². The van der Waals surface area contributed by atoms with Crippen LogP contribution in [-0.2, 0) is 4.74 Å². The van der Waals surface area contributed by atoms with Crippen molar-refractivity contribution >= 4 is 0 Å². The average Bonchev–Trinajstić information content (AvgIpc) is 2.66. The zero-order valence-corrected chi connectivity index (χ0v) is 7.92. The monoisotopic (exact) mass is 213 g/mol. The number of nitrogens with one attached hydrogen (secondary N) is 1. The van der Waals surface area contributed by atoms with E-state index in [0.717, 1.165) is 10.9 Å². The summed E-state index contributed by atoms with van der Waals surface area (Å²) >= 11 is 0. The molecule has 2 rings (SSSR count). The van der Waals surface area contributed by atoms with E-state index in [9.17, 15) is 9.59 Å². The van der Waals surface area contributed by atoms with E-state index in [1.165, 1.54) is 0 Å². The minimum atomic E-state index is -0.592. The first-order valence-electron chi connectivity index (χ1n) is 4.65. The molecule has 82 valence electrons. The number of aliphatic hydroxyl groups excluding tert-OH is 1. The van der Waals surface area contributed by atoms with E-state index in [-0.39, 0.29) is 12.7 Å². The second-order valence-electron chi connectivity index (χ2n) is 3.36. The molecule has 0 unspecified atom stereocenters. The summed E-state index contributed by atoms with van der Waals surface area (Å²) in [7, 11) is 0. The van der Waals surface area contributed by atoms with Crippen LogP contribution in [0.3, 0.4) is 0 Å². The van der Waals surface area contributed by atoms with Gasteiger partial charge in [0, 0.05) is 0 Å². The van der Waals surface area contributed by atoms with Crippen molar-refractivity contribution in [3.8, 4) is 0 Å². The lowest BCUT2D eigenvalue weighted by atomic mass is 10.2. The highest BCUT2D eigenvalue weighted by Crippen LogP contribution is 2.25. The molecule has 7 heteroatoms. The fourth-order valence-electron chi connectivity index (χ4n) is 1.57. The number of H-pyrrole nitrogens is 1. The van der Waals surface area contributed by atoms with Crippen LogP contribution in [0.4, 0.5) is 0 Å². The average molecular weight is 213 g/mol. The maximum absolute atomic E-state index is 11.3. The lowest BCUT2D eigenvalue weighted by Gasteiger charge is -2.12. The minimum absolute atomic E-state index is 0.0748. The number of aliphatic hydroxyl groups is 1. The largest absolute Gasteiger partial charge is 0.394 e. The fourth-order valence-corrected chi connectivity index (χ4v) is 1.57. The first-order valence-corrected chi connectivity index (χ1v) is 4.65. The smallest absolute Gasteiger partial charge is 0.347 e. The standard InChI is InChI=1S/C8H11N3O4/c12-4-5-1-2-7(15-5)11-8(14)10-6(13)3-9-11/h3,5,7,12H,1-2,4H2,(H,10,13,14)/t5-,7+/m1/s1. The summed E-state index contributed by atoms with van der Waals surface area (Å²) in [5.41, 5.74) is -1.13. The Morgan fingerprint density at radius 1 is 1.60 bits per heavy atom. The van der Waals surface area contributed by atoms with Crippen molar-refractivity contribution in [2.75, 3.05) is 6.61 Å². The quantitative estimate of drug-likeness (QED) is 0.629. The number of hydrogen-bond acceptors (Lipinski definition) is 5. The van der Waals surface area contributed by atoms with E-state index >= 15 is 0 Å². The summed E-state index contributed by atoms with van der Waals surface area (Å²) in [5.74, 6) is 0. The number of nitrogens with zero attached hydrogens (tertiary/aromatic N) is 2. The molecule has 0 radical (unpaired) electrons. The van der Waals surface area contributed by atoms with Gasteiger partial charge in [-0.1, -0.05) is 0 Å². The van der Waals surface area contributed by atoms with Crippen molar-refractivity contribution in [2.45, 2.75) is 25.2 Å². The van der Waals surface area contributed by atoms with E-state index in [2.05, 4.69) is 10.1 Å². The van der Waals surface area contributed by atoms with Crippen molar-refractivity contribution in [1.29, 1.82) is 0 Å². The maximum atomic E-state index is 11.3. The second kappa shape index (κ2) is 3.95. The summed E-state index contributed by atoms with van der Waals surface area (Å²) in [6.45, 7) is -0.0748. The molecule has 0 amide bonds. The molecule has 1 aliphatic heterocycles. The van der Waals surface area contributed by atoms with E-state index in [4.69, 9.17) is 9.84 Å². The molecule has 15 heavy (non-hydrogen) atoms. The van der Waals surface area contributed by atoms with Gasteiger partial charge < -0.3 is 9.84 Å². The number of rotatable bonds is 2. The molecule has 0 bridgehead atoms. The highest BCUT2D eigenvalue weighted by molar-refractivity contribution is 4.75. The molecule has 1 fully saturated rings. The molecule has 0 spiro atoms. The van der Waals surface area contributed by atoms with Crippen molar-refractivity contribution in [1.82, 2.24) is 14.8 Å². The minimum Gasteiger partial charge on any atom is -0.394 e. The first kappa shape index (κ1) is 10.1. The molecule has 0 saturated carbocycles. The fraction of sp³-hybridized carbons (Fsp3) is 0.625. The normalized spacial score (nSPS) is 25.7. The van der Waals surface area contributed by atoms with Gasteiger partial charge in [0.2, 0.25) is 0 Å². The molecular weight excluding hydrogens is 202 g/mol. The molecule has 1 aromatic rings. The molecule has 0 aliphatic carbocycles. The van der Waals surface area contributed by atoms with Crippen molar-refractivity contribution < 1.29 is 9.84 Å². The Hall–Kier alpha value is -1.47. The summed E-state index contributed by atoms with van der Waals surface area (Å²) in [6.07, 6.45) is 1.55. The number of hydrogen-bond donors (Lipinski definition) is 2. The van der Waals surface area contributed by atoms with Crippen molar-refractivity contribution in [2.24, 2.45) is 0 Å². The van der Waals surface area contributed by atoms with Crippen LogP contribution in [0.15, 0.2) is 15.8 Å². The molecule has 1 aromatic heterocycles. The molecule has 2 heterocycles. The second-order valence-corrected chi connectivity index (χ2v) is 3.36. The van der Waals surface area contributed by atoms with Gasteiger partial charge in [-0.15, -0.1) is 0 Å². The topological polar surface area (TPSA) is 97.2 Å². The maximum Gasteiger partial charge on any atom is 0.347 e. The van der Waals surface area contributed by atoms with Crippen LogP contribution < -0.4 is 11.2 Å². The lowest BCUT2D eigenvalue weighted by Crippen LogP contribution is -2.34. The van der Waals surface area contributed by atoms with Gasteiger partial charge in [0.1, 0.15) is 6.20 Å². The molecule has 2 atom stereocenters. The summed E-state index contributed by atoms with van der Waals surface area (Å²) in [6, 6.07) is 0. The molecule has 7 nitrogen and oxygen atoms in total. The van der Waals surface area contributed by atoms with E-state index in [0.29, 0.717) is 12.8 Å². The Bertz CT molecular complexity index is 452. The van der Waals surface area contributed by atoms with Gasteiger partial charge in [-0.05, 0) is 12.8 Å². The van der Waals surface area contributed by atoms with Gasteiger partial charge in [-0.2, -0.15) is 9.78 Å². The molecule has 0 aromatic carbocycles. The highest BCUT2D eigenvalue weighted by atomic mass is 16.5. The van der Waals surface area contributed by atoms with E-state index < -0.39 is 17.5 Å². The van der Waals surface area contributed by atoms with Gasteiger partial charge in [-0.3, -0.25) is 9.78 Å². The van der Waals surface area contributed by atoms with Crippen molar-refractivity contribution in [3.05, 3.63) is 27.0 Å². The Morgan fingerprint density at radius 3 is 3.00 bits per heavy atom. The molecular formula is C8H11N3O4. The zero-order valence-electron chi connectivity index (χ0n) is 7.92. The van der Waals surface area contributed by atoms with Crippen LogP contribution >= 0.6 is 0 Å². The Labute approximate surface area is 84.3 Å². The Balaban J connectivity index is 2.24. The molecule has 1 aliphatic rings. The van der Waals surface area contributed by atoms with E-state index in [1.807, 2.05) is 0 Å². The number of aromatic amines is 1.